The lowest BCUT2D eigenvalue weighted by atomic mass is 9.81. The van der Waals surface area contributed by atoms with Crippen LogP contribution in [0.15, 0.2) is 24.3 Å². The second kappa shape index (κ2) is 7.33. The first-order valence-corrected chi connectivity index (χ1v) is 6.80. The Labute approximate surface area is 124 Å². The highest BCUT2D eigenvalue weighted by atomic mass is 19.3. The number of hydrogen-bond acceptors (Lipinski definition) is 2. The molecule has 0 unspecified atom stereocenters. The minimum Gasteiger partial charge on any atom is -0.435 e. The van der Waals surface area contributed by atoms with Gasteiger partial charge in [0.2, 0.25) is 6.43 Å². The Morgan fingerprint density at radius 3 is 2.64 bits per heavy atom. The van der Waals surface area contributed by atoms with Crippen molar-refractivity contribution in [2.75, 3.05) is 0 Å². The maximum absolute atomic E-state index is 12.3. The van der Waals surface area contributed by atoms with Gasteiger partial charge in [0.15, 0.2) is 0 Å². The lowest BCUT2D eigenvalue weighted by molar-refractivity contribution is -0.0498. The molecule has 8 heteroatoms. The van der Waals surface area contributed by atoms with Gasteiger partial charge in [-0.25, -0.2) is 13.6 Å². The van der Waals surface area contributed by atoms with Gasteiger partial charge in [-0.2, -0.15) is 8.78 Å². The fourth-order valence-corrected chi connectivity index (χ4v) is 2.24. The first-order valence-electron chi connectivity index (χ1n) is 6.80. The number of benzene rings is 1. The van der Waals surface area contributed by atoms with Gasteiger partial charge >= 0.3 is 12.6 Å². The highest BCUT2D eigenvalue weighted by molar-refractivity contribution is 5.74. The Kier molecular flexibility index (Phi) is 5.46. The van der Waals surface area contributed by atoms with Crippen molar-refractivity contribution in [3.63, 3.8) is 0 Å². The normalized spacial score (nSPS) is 20.6. The number of hydrogen-bond donors (Lipinski definition) is 2. The number of rotatable bonds is 6. The molecule has 0 saturated heterocycles. The highest BCUT2D eigenvalue weighted by Gasteiger charge is 2.36. The van der Waals surface area contributed by atoms with Crippen LogP contribution in [0.2, 0.25) is 0 Å². The molecule has 122 valence electrons. The van der Waals surface area contributed by atoms with Crippen molar-refractivity contribution in [1.82, 2.24) is 10.6 Å². The van der Waals surface area contributed by atoms with Gasteiger partial charge in [-0.1, -0.05) is 12.1 Å². The van der Waals surface area contributed by atoms with Crippen molar-refractivity contribution in [2.24, 2.45) is 5.92 Å². The average Bonchev–Trinajstić information content (AvgIpc) is 2.39. The molecule has 0 aromatic heterocycles. The Morgan fingerprint density at radius 1 is 1.27 bits per heavy atom. The number of amides is 2. The summed E-state index contributed by atoms with van der Waals surface area (Å²) in [7, 11) is 0. The smallest absolute Gasteiger partial charge is 0.387 e. The lowest BCUT2D eigenvalue weighted by Crippen LogP contribution is -2.49. The molecule has 22 heavy (non-hydrogen) atoms. The molecule has 1 fully saturated rings. The molecule has 0 atom stereocenters. The third-order valence-corrected chi connectivity index (χ3v) is 3.44. The number of halogens is 4. The largest absolute Gasteiger partial charge is 0.435 e. The Bertz CT molecular complexity index is 507. The van der Waals surface area contributed by atoms with Crippen molar-refractivity contribution in [3.8, 4) is 5.75 Å². The van der Waals surface area contributed by atoms with E-state index in [1.807, 2.05) is 0 Å². The van der Waals surface area contributed by atoms with E-state index in [0.29, 0.717) is 5.56 Å². The van der Waals surface area contributed by atoms with E-state index in [4.69, 9.17) is 0 Å². The van der Waals surface area contributed by atoms with Gasteiger partial charge < -0.3 is 15.4 Å². The van der Waals surface area contributed by atoms with E-state index in [-0.39, 0.29) is 31.2 Å². The zero-order valence-corrected chi connectivity index (χ0v) is 11.6. The van der Waals surface area contributed by atoms with Gasteiger partial charge in [0.05, 0.1) is 0 Å². The second-order valence-corrected chi connectivity index (χ2v) is 5.12. The molecule has 2 rings (SSSR count). The van der Waals surface area contributed by atoms with Gasteiger partial charge in [-0.3, -0.25) is 0 Å². The van der Waals surface area contributed by atoms with Crippen LogP contribution in [0.1, 0.15) is 18.4 Å². The van der Waals surface area contributed by atoms with Crippen LogP contribution in [0.5, 0.6) is 5.75 Å². The van der Waals surface area contributed by atoms with Gasteiger partial charge in [0.25, 0.3) is 0 Å². The summed E-state index contributed by atoms with van der Waals surface area (Å²) >= 11 is 0. The summed E-state index contributed by atoms with van der Waals surface area (Å²) in [5, 5.41) is 5.13. The molecule has 2 N–H and O–H groups in total. The predicted octanol–water partition coefficient (Wildman–Crippen LogP) is 3.13. The van der Waals surface area contributed by atoms with Crippen LogP contribution in [-0.4, -0.2) is 25.1 Å². The summed E-state index contributed by atoms with van der Waals surface area (Å²) in [6.45, 7) is -2.79. The van der Waals surface area contributed by atoms with Crippen LogP contribution < -0.4 is 15.4 Å². The third-order valence-electron chi connectivity index (χ3n) is 3.44. The Balaban J connectivity index is 1.72. The van der Waals surface area contributed by atoms with E-state index < -0.39 is 25.0 Å². The van der Waals surface area contributed by atoms with Crippen LogP contribution >= 0.6 is 0 Å². The average molecular weight is 320 g/mol. The van der Waals surface area contributed by atoms with E-state index in [1.54, 1.807) is 6.07 Å². The fourth-order valence-electron chi connectivity index (χ4n) is 2.24. The van der Waals surface area contributed by atoms with Crippen LogP contribution in [0.4, 0.5) is 22.4 Å². The van der Waals surface area contributed by atoms with Crippen LogP contribution in [0, 0.1) is 5.92 Å². The van der Waals surface area contributed by atoms with E-state index in [2.05, 4.69) is 15.4 Å². The SMILES string of the molecule is O=C(NCc1cccc(OC(F)F)c1)NC1CC(C(F)F)C1. The second-order valence-electron chi connectivity index (χ2n) is 5.12. The fraction of sp³-hybridized carbons (Fsp3) is 0.500. The summed E-state index contributed by atoms with van der Waals surface area (Å²) in [5.74, 6) is -0.637. The number of urea groups is 1. The molecule has 0 spiro atoms. The molecule has 1 aliphatic carbocycles. The standard InChI is InChI=1S/C14H16F4N2O2/c15-12(16)9-5-10(6-9)20-14(21)19-7-8-2-1-3-11(4-8)22-13(17)18/h1-4,9-10,12-13H,5-7H2,(H2,19,20,21). The molecule has 0 heterocycles. The highest BCUT2D eigenvalue weighted by Crippen LogP contribution is 2.32. The van der Waals surface area contributed by atoms with Crippen LogP contribution in [-0.2, 0) is 6.54 Å². The molecule has 0 radical (unpaired) electrons. The first kappa shape index (κ1) is 16.4. The summed E-state index contributed by atoms with van der Waals surface area (Å²) in [6.07, 6.45) is -1.82. The number of alkyl halides is 4. The van der Waals surface area contributed by atoms with Crippen LogP contribution in [0.25, 0.3) is 0 Å². The Morgan fingerprint density at radius 2 is 2.00 bits per heavy atom. The molecule has 1 aromatic rings. The maximum Gasteiger partial charge on any atom is 0.387 e. The number of ether oxygens (including phenoxy) is 1. The van der Waals surface area contributed by atoms with Gasteiger partial charge in [-0.15, -0.1) is 0 Å². The van der Waals surface area contributed by atoms with E-state index in [0.717, 1.165) is 0 Å². The van der Waals surface area contributed by atoms with Crippen LogP contribution in [0.3, 0.4) is 0 Å². The van der Waals surface area contributed by atoms with E-state index >= 15 is 0 Å². The molecule has 1 aromatic carbocycles. The minimum absolute atomic E-state index is 0.00785. The van der Waals surface area contributed by atoms with Crippen molar-refractivity contribution in [3.05, 3.63) is 29.8 Å². The lowest BCUT2D eigenvalue weighted by Gasteiger charge is -2.35. The topological polar surface area (TPSA) is 50.4 Å². The first-order chi connectivity index (χ1) is 10.4. The molecule has 2 amide bonds. The zero-order valence-electron chi connectivity index (χ0n) is 11.6. The van der Waals surface area contributed by atoms with Gasteiger partial charge in [-0.05, 0) is 30.5 Å². The number of carbonyl (C=O) groups is 1. The molecule has 0 aliphatic heterocycles. The third kappa shape index (κ3) is 4.78. The van der Waals surface area contributed by atoms with E-state index in [1.165, 1.54) is 18.2 Å². The molecule has 1 aliphatic rings. The zero-order chi connectivity index (χ0) is 16.1. The summed E-state index contributed by atoms with van der Waals surface area (Å²) in [6, 6.07) is 5.24. The molecular weight excluding hydrogens is 304 g/mol. The predicted molar refractivity (Wildman–Crippen MR) is 71.0 cm³/mol. The molecule has 1 saturated carbocycles. The summed E-state index contributed by atoms with van der Waals surface area (Å²) < 4.78 is 53.0. The number of nitrogens with one attached hydrogen (secondary N) is 2. The monoisotopic (exact) mass is 320 g/mol. The molecular formula is C14H16F4N2O2. The Hall–Kier alpha value is -1.99. The van der Waals surface area contributed by atoms with Crippen molar-refractivity contribution in [1.29, 1.82) is 0 Å². The summed E-state index contributed by atoms with van der Waals surface area (Å²) in [5.41, 5.74) is 0.590. The van der Waals surface area contributed by atoms with Gasteiger partial charge in [0, 0.05) is 18.5 Å². The van der Waals surface area contributed by atoms with Crippen molar-refractivity contribution >= 4 is 6.03 Å². The summed E-state index contributed by atoms with van der Waals surface area (Å²) in [4.78, 5) is 11.6. The molecule has 4 nitrogen and oxygen atoms in total. The van der Waals surface area contributed by atoms with Crippen molar-refractivity contribution in [2.45, 2.75) is 38.5 Å². The quantitative estimate of drug-likeness (QED) is 0.791. The number of carbonyl (C=O) groups excluding carboxylic acids is 1. The maximum atomic E-state index is 12.3. The van der Waals surface area contributed by atoms with Crippen molar-refractivity contribution < 1.29 is 27.1 Å². The molecule has 0 bridgehead atoms. The van der Waals surface area contributed by atoms with E-state index in [9.17, 15) is 22.4 Å². The van der Waals surface area contributed by atoms with Gasteiger partial charge in [0.1, 0.15) is 5.75 Å². The minimum atomic E-state index is -2.91.